The highest BCUT2D eigenvalue weighted by Crippen LogP contribution is 2.19. The van der Waals surface area contributed by atoms with Gasteiger partial charge < -0.3 is 15.2 Å². The maximum absolute atomic E-state index is 11.7. The molecule has 0 aromatic carbocycles. The zero-order valence-corrected chi connectivity index (χ0v) is 11.8. The molecule has 0 spiro atoms. The predicted octanol–water partition coefficient (Wildman–Crippen LogP) is 2.71. The first-order valence-electron chi connectivity index (χ1n) is 6.68. The molecule has 1 aliphatic carbocycles. The molecule has 0 bridgehead atoms. The van der Waals surface area contributed by atoms with Crippen molar-refractivity contribution in [3.8, 4) is 0 Å². The summed E-state index contributed by atoms with van der Waals surface area (Å²) in [6.45, 7) is 5.32. The largest absolute Gasteiger partial charge is 0.481 e. The summed E-state index contributed by atoms with van der Waals surface area (Å²) < 4.78 is 5.16. The van der Waals surface area contributed by atoms with E-state index in [-0.39, 0.29) is 0 Å². The number of amides is 1. The number of rotatable bonds is 2. The first kappa shape index (κ1) is 15.5. The van der Waals surface area contributed by atoms with E-state index < -0.39 is 29.6 Å². The number of ether oxygens (including phenoxy) is 1. The van der Waals surface area contributed by atoms with Gasteiger partial charge >= 0.3 is 12.1 Å². The molecule has 19 heavy (non-hydrogen) atoms. The monoisotopic (exact) mass is 269 g/mol. The molecule has 2 N–H and O–H groups in total. The maximum Gasteiger partial charge on any atom is 0.408 e. The summed E-state index contributed by atoms with van der Waals surface area (Å²) in [4.78, 5) is 23.0. The molecule has 0 saturated carbocycles. The molecule has 0 heterocycles. The zero-order chi connectivity index (χ0) is 14.5. The standard InChI is InChI=1S/C14H23NO4/c1-14(2,3)19-13(18)15-11-9-7-5-4-6-8-10(11)12(16)17/h7,9-11H,4-6,8H2,1-3H3,(H,15,18)(H,16,17)/t10-,11+/m0/s1. The number of carbonyl (C=O) groups is 2. The van der Waals surface area contributed by atoms with Gasteiger partial charge in [0.15, 0.2) is 0 Å². The van der Waals surface area contributed by atoms with E-state index >= 15 is 0 Å². The highest BCUT2D eigenvalue weighted by atomic mass is 16.6. The molecule has 0 saturated heterocycles. The van der Waals surface area contributed by atoms with Crippen LogP contribution in [-0.2, 0) is 9.53 Å². The predicted molar refractivity (Wildman–Crippen MR) is 71.9 cm³/mol. The van der Waals surface area contributed by atoms with Gasteiger partial charge in [0.05, 0.1) is 12.0 Å². The Kier molecular flexibility index (Phi) is 5.39. The van der Waals surface area contributed by atoms with Crippen molar-refractivity contribution in [3.63, 3.8) is 0 Å². The van der Waals surface area contributed by atoms with Crippen LogP contribution in [0.25, 0.3) is 0 Å². The number of hydrogen-bond acceptors (Lipinski definition) is 3. The molecule has 2 atom stereocenters. The lowest BCUT2D eigenvalue weighted by Crippen LogP contribution is -2.44. The number of alkyl carbamates (subject to hydrolysis) is 1. The Morgan fingerprint density at radius 2 is 2.00 bits per heavy atom. The minimum atomic E-state index is -0.882. The average molecular weight is 269 g/mol. The number of carboxylic acid groups (broad SMARTS) is 1. The molecule has 1 rings (SSSR count). The van der Waals surface area contributed by atoms with E-state index in [2.05, 4.69) is 5.32 Å². The second-order valence-corrected chi connectivity index (χ2v) is 5.83. The third-order valence-corrected chi connectivity index (χ3v) is 2.91. The molecule has 0 aromatic heterocycles. The Hall–Kier alpha value is -1.52. The van der Waals surface area contributed by atoms with Crippen LogP contribution in [0.15, 0.2) is 12.2 Å². The molecular weight excluding hydrogens is 246 g/mol. The van der Waals surface area contributed by atoms with Gasteiger partial charge in [-0.25, -0.2) is 4.79 Å². The Morgan fingerprint density at radius 3 is 2.58 bits per heavy atom. The van der Waals surface area contributed by atoms with Crippen LogP contribution in [-0.4, -0.2) is 28.8 Å². The number of nitrogens with one attached hydrogen (secondary N) is 1. The molecule has 1 amide bonds. The van der Waals surface area contributed by atoms with Crippen molar-refractivity contribution >= 4 is 12.1 Å². The quantitative estimate of drug-likeness (QED) is 0.756. The van der Waals surface area contributed by atoms with Crippen LogP contribution in [0.1, 0.15) is 46.5 Å². The first-order valence-corrected chi connectivity index (χ1v) is 6.68. The highest BCUT2D eigenvalue weighted by molar-refractivity contribution is 5.74. The fourth-order valence-electron chi connectivity index (χ4n) is 2.05. The van der Waals surface area contributed by atoms with Gasteiger partial charge in [0.2, 0.25) is 0 Å². The smallest absolute Gasteiger partial charge is 0.408 e. The van der Waals surface area contributed by atoms with E-state index in [9.17, 15) is 14.7 Å². The lowest BCUT2D eigenvalue weighted by molar-refractivity contribution is -0.142. The zero-order valence-electron chi connectivity index (χ0n) is 11.8. The first-order chi connectivity index (χ1) is 8.79. The summed E-state index contributed by atoms with van der Waals surface area (Å²) in [5, 5.41) is 11.9. The lowest BCUT2D eigenvalue weighted by atomic mass is 9.90. The number of carbonyl (C=O) groups excluding carboxylic acids is 1. The molecule has 0 fully saturated rings. The van der Waals surface area contributed by atoms with Gasteiger partial charge in [-0.1, -0.05) is 18.6 Å². The fraction of sp³-hybridized carbons (Fsp3) is 0.714. The van der Waals surface area contributed by atoms with E-state index in [1.807, 2.05) is 6.08 Å². The third kappa shape index (κ3) is 5.77. The van der Waals surface area contributed by atoms with Crippen molar-refractivity contribution in [2.75, 3.05) is 0 Å². The molecule has 0 radical (unpaired) electrons. The summed E-state index contributed by atoms with van der Waals surface area (Å²) in [6.07, 6.45) is 6.44. The van der Waals surface area contributed by atoms with E-state index in [4.69, 9.17) is 4.74 Å². The minimum absolute atomic E-state index is 0.507. The van der Waals surface area contributed by atoms with Gasteiger partial charge in [-0.15, -0.1) is 0 Å². The molecule has 1 aliphatic rings. The van der Waals surface area contributed by atoms with Crippen molar-refractivity contribution in [3.05, 3.63) is 12.2 Å². The molecule has 5 heteroatoms. The molecule has 108 valence electrons. The van der Waals surface area contributed by atoms with Gasteiger partial charge in [0.25, 0.3) is 0 Å². The fourth-order valence-corrected chi connectivity index (χ4v) is 2.05. The summed E-state index contributed by atoms with van der Waals surface area (Å²) in [7, 11) is 0. The van der Waals surface area contributed by atoms with Crippen molar-refractivity contribution < 1.29 is 19.4 Å². The van der Waals surface area contributed by atoms with Crippen molar-refractivity contribution in [1.29, 1.82) is 0 Å². The van der Waals surface area contributed by atoms with Crippen LogP contribution in [0.3, 0.4) is 0 Å². The van der Waals surface area contributed by atoms with E-state index in [0.29, 0.717) is 6.42 Å². The van der Waals surface area contributed by atoms with Crippen LogP contribution < -0.4 is 5.32 Å². The van der Waals surface area contributed by atoms with Crippen molar-refractivity contribution in [2.45, 2.75) is 58.1 Å². The molecule has 0 aliphatic heterocycles. The van der Waals surface area contributed by atoms with Crippen LogP contribution in [0.4, 0.5) is 4.79 Å². The van der Waals surface area contributed by atoms with Gasteiger partial charge in [-0.05, 0) is 40.0 Å². The summed E-state index contributed by atoms with van der Waals surface area (Å²) in [5.41, 5.74) is -0.589. The maximum atomic E-state index is 11.7. The van der Waals surface area contributed by atoms with Crippen LogP contribution in [0, 0.1) is 5.92 Å². The topological polar surface area (TPSA) is 75.6 Å². The minimum Gasteiger partial charge on any atom is -0.481 e. The molecule has 5 nitrogen and oxygen atoms in total. The normalized spacial score (nSPS) is 24.2. The van der Waals surface area contributed by atoms with E-state index in [1.54, 1.807) is 26.8 Å². The van der Waals surface area contributed by atoms with Gasteiger partial charge in [0, 0.05) is 0 Å². The van der Waals surface area contributed by atoms with Crippen LogP contribution in [0.2, 0.25) is 0 Å². The Morgan fingerprint density at radius 1 is 1.32 bits per heavy atom. The molecule has 0 aromatic rings. The number of hydrogen-bond donors (Lipinski definition) is 2. The van der Waals surface area contributed by atoms with Crippen LogP contribution in [0.5, 0.6) is 0 Å². The SMILES string of the molecule is CC(C)(C)OC(=O)N[C@@H]1C=CCCCC[C@@H]1C(=O)O. The number of carboxylic acids is 1. The Balaban J connectivity index is 2.71. The summed E-state index contributed by atoms with van der Waals surface area (Å²) >= 11 is 0. The summed E-state index contributed by atoms with van der Waals surface area (Å²) in [5.74, 6) is -1.48. The molecule has 0 unspecified atom stereocenters. The van der Waals surface area contributed by atoms with E-state index in [0.717, 1.165) is 19.3 Å². The highest BCUT2D eigenvalue weighted by Gasteiger charge is 2.29. The summed E-state index contributed by atoms with van der Waals surface area (Å²) in [6, 6.07) is -0.507. The van der Waals surface area contributed by atoms with E-state index in [1.165, 1.54) is 0 Å². The second kappa shape index (κ2) is 6.59. The van der Waals surface area contributed by atoms with Gasteiger partial charge in [-0.2, -0.15) is 0 Å². The lowest BCUT2D eigenvalue weighted by Gasteiger charge is -2.26. The van der Waals surface area contributed by atoms with Crippen molar-refractivity contribution in [2.24, 2.45) is 5.92 Å². The average Bonchev–Trinajstić information content (AvgIpc) is 2.18. The number of allylic oxidation sites excluding steroid dienone is 1. The second-order valence-electron chi connectivity index (χ2n) is 5.83. The Labute approximate surface area is 114 Å². The number of aliphatic carboxylic acids is 1. The molecular formula is C14H23NO4. The van der Waals surface area contributed by atoms with Gasteiger partial charge in [0.1, 0.15) is 5.60 Å². The third-order valence-electron chi connectivity index (χ3n) is 2.91. The van der Waals surface area contributed by atoms with Gasteiger partial charge in [-0.3, -0.25) is 4.79 Å². The van der Waals surface area contributed by atoms with Crippen molar-refractivity contribution in [1.82, 2.24) is 5.32 Å². The Bertz CT molecular complexity index is 357. The van der Waals surface area contributed by atoms with Crippen LogP contribution >= 0.6 is 0 Å².